The Morgan fingerprint density at radius 2 is 1.42 bits per heavy atom. The zero-order valence-corrected chi connectivity index (χ0v) is 17.5. The Bertz CT molecular complexity index is 1140. The van der Waals surface area contributed by atoms with Gasteiger partial charge in [-0.15, -0.1) is 0 Å². The van der Waals surface area contributed by atoms with Gasteiger partial charge in [-0.25, -0.2) is 0 Å². The molecule has 4 rings (SSSR count). The molecule has 0 aliphatic rings. The number of fused-ring (bicyclic) bond motifs is 1. The molecule has 4 heteroatoms. The van der Waals surface area contributed by atoms with Crippen molar-refractivity contribution < 1.29 is 14.3 Å². The standard InChI is InChI=1S/C27H25NO3/c1-20(23-12-11-22-9-5-6-10-24(22)17-23)28-27(29)19-31-26-15-13-25(14-16-26)30-18-21-7-3-2-4-8-21/h2-17,20H,18-19H2,1H3,(H,28,29)/t20-/m0/s1. The molecule has 0 saturated heterocycles. The molecule has 0 fully saturated rings. The molecule has 0 saturated carbocycles. The van der Waals surface area contributed by atoms with E-state index in [2.05, 4.69) is 29.6 Å². The maximum absolute atomic E-state index is 12.3. The number of carbonyl (C=O) groups excluding carboxylic acids is 1. The SMILES string of the molecule is C[C@H](NC(=O)COc1ccc(OCc2ccccc2)cc1)c1ccc2ccccc2c1. The first kappa shape index (κ1) is 20.5. The molecule has 4 aromatic rings. The van der Waals surface area contributed by atoms with Crippen LogP contribution in [0.2, 0.25) is 0 Å². The molecule has 0 unspecified atom stereocenters. The van der Waals surface area contributed by atoms with E-state index >= 15 is 0 Å². The quantitative estimate of drug-likeness (QED) is 0.406. The molecule has 0 aromatic heterocycles. The fourth-order valence-electron chi connectivity index (χ4n) is 3.37. The number of nitrogens with one attached hydrogen (secondary N) is 1. The Hall–Kier alpha value is -3.79. The lowest BCUT2D eigenvalue weighted by Crippen LogP contribution is -2.31. The van der Waals surface area contributed by atoms with Crippen LogP contribution in [0.4, 0.5) is 0 Å². The van der Waals surface area contributed by atoms with Crippen molar-refractivity contribution in [3.63, 3.8) is 0 Å². The Balaban J connectivity index is 1.26. The molecule has 31 heavy (non-hydrogen) atoms. The van der Waals surface area contributed by atoms with Crippen LogP contribution in [0, 0.1) is 0 Å². The summed E-state index contributed by atoms with van der Waals surface area (Å²) in [6.45, 7) is 2.44. The van der Waals surface area contributed by atoms with E-state index in [4.69, 9.17) is 9.47 Å². The Kier molecular flexibility index (Phi) is 6.48. The van der Waals surface area contributed by atoms with Crippen LogP contribution in [-0.4, -0.2) is 12.5 Å². The summed E-state index contributed by atoms with van der Waals surface area (Å²) in [6.07, 6.45) is 0. The Labute approximate surface area is 182 Å². The molecule has 0 bridgehead atoms. The van der Waals surface area contributed by atoms with Crippen molar-refractivity contribution in [2.24, 2.45) is 0 Å². The summed E-state index contributed by atoms with van der Waals surface area (Å²) in [7, 11) is 0. The van der Waals surface area contributed by atoms with Crippen LogP contribution in [0.5, 0.6) is 11.5 Å². The second-order valence-electron chi connectivity index (χ2n) is 7.43. The maximum atomic E-state index is 12.3. The number of carbonyl (C=O) groups is 1. The van der Waals surface area contributed by atoms with E-state index in [0.717, 1.165) is 22.3 Å². The molecule has 0 heterocycles. The molecule has 1 N–H and O–H groups in total. The van der Waals surface area contributed by atoms with E-state index in [-0.39, 0.29) is 18.6 Å². The van der Waals surface area contributed by atoms with Crippen molar-refractivity contribution >= 4 is 16.7 Å². The Morgan fingerprint density at radius 3 is 2.16 bits per heavy atom. The topological polar surface area (TPSA) is 47.6 Å². The van der Waals surface area contributed by atoms with Gasteiger partial charge in [0.25, 0.3) is 5.91 Å². The van der Waals surface area contributed by atoms with Gasteiger partial charge in [-0.2, -0.15) is 0 Å². The van der Waals surface area contributed by atoms with E-state index in [1.165, 1.54) is 5.39 Å². The van der Waals surface area contributed by atoms with Crippen LogP contribution in [0.25, 0.3) is 10.8 Å². The maximum Gasteiger partial charge on any atom is 0.258 e. The van der Waals surface area contributed by atoms with E-state index < -0.39 is 0 Å². The highest BCUT2D eigenvalue weighted by atomic mass is 16.5. The van der Waals surface area contributed by atoms with E-state index in [1.54, 1.807) is 12.1 Å². The number of rotatable bonds is 8. The van der Waals surface area contributed by atoms with Crippen LogP contribution in [0.15, 0.2) is 97.1 Å². The smallest absolute Gasteiger partial charge is 0.258 e. The van der Waals surface area contributed by atoms with Gasteiger partial charge in [-0.3, -0.25) is 4.79 Å². The number of hydrogen-bond acceptors (Lipinski definition) is 3. The number of amides is 1. The minimum Gasteiger partial charge on any atom is -0.489 e. The largest absolute Gasteiger partial charge is 0.489 e. The molecular formula is C27H25NO3. The van der Waals surface area contributed by atoms with Crippen LogP contribution in [0.1, 0.15) is 24.1 Å². The second kappa shape index (κ2) is 9.81. The molecule has 1 amide bonds. The molecule has 0 radical (unpaired) electrons. The summed E-state index contributed by atoms with van der Waals surface area (Å²) in [5.74, 6) is 1.22. The fourth-order valence-corrected chi connectivity index (χ4v) is 3.37. The normalized spacial score (nSPS) is 11.6. The highest BCUT2D eigenvalue weighted by Gasteiger charge is 2.11. The predicted octanol–water partition coefficient (Wildman–Crippen LogP) is 5.68. The van der Waals surface area contributed by atoms with E-state index in [9.17, 15) is 4.79 Å². The number of benzene rings is 4. The summed E-state index contributed by atoms with van der Waals surface area (Å²) in [5.41, 5.74) is 2.17. The molecule has 156 valence electrons. The van der Waals surface area contributed by atoms with Crippen molar-refractivity contribution in [1.82, 2.24) is 5.32 Å². The van der Waals surface area contributed by atoms with Crippen molar-refractivity contribution in [1.29, 1.82) is 0 Å². The highest BCUT2D eigenvalue weighted by Crippen LogP contribution is 2.21. The molecule has 4 aromatic carbocycles. The van der Waals surface area contributed by atoms with Crippen LogP contribution in [-0.2, 0) is 11.4 Å². The zero-order valence-electron chi connectivity index (χ0n) is 17.5. The minimum absolute atomic E-state index is 0.0395. The van der Waals surface area contributed by atoms with Crippen LogP contribution >= 0.6 is 0 Å². The minimum atomic E-state index is -0.162. The van der Waals surface area contributed by atoms with E-state index in [0.29, 0.717) is 12.4 Å². The molecule has 1 atom stereocenters. The zero-order chi connectivity index (χ0) is 21.5. The van der Waals surface area contributed by atoms with Gasteiger partial charge in [-0.05, 0) is 59.2 Å². The third kappa shape index (κ3) is 5.64. The van der Waals surface area contributed by atoms with Gasteiger partial charge in [0, 0.05) is 0 Å². The first-order chi connectivity index (χ1) is 15.2. The van der Waals surface area contributed by atoms with Gasteiger partial charge in [-0.1, -0.05) is 66.7 Å². The highest BCUT2D eigenvalue weighted by molar-refractivity contribution is 5.83. The first-order valence-corrected chi connectivity index (χ1v) is 10.3. The third-order valence-electron chi connectivity index (χ3n) is 5.09. The van der Waals surface area contributed by atoms with Crippen molar-refractivity contribution in [2.75, 3.05) is 6.61 Å². The summed E-state index contributed by atoms with van der Waals surface area (Å²) in [6, 6.07) is 31.6. The summed E-state index contributed by atoms with van der Waals surface area (Å²) < 4.78 is 11.4. The molecule has 4 nitrogen and oxygen atoms in total. The van der Waals surface area contributed by atoms with Gasteiger partial charge >= 0.3 is 0 Å². The molecule has 0 aliphatic carbocycles. The van der Waals surface area contributed by atoms with E-state index in [1.807, 2.05) is 67.6 Å². The predicted molar refractivity (Wildman–Crippen MR) is 123 cm³/mol. The number of ether oxygens (including phenoxy) is 2. The van der Waals surface area contributed by atoms with Crippen molar-refractivity contribution in [3.05, 3.63) is 108 Å². The van der Waals surface area contributed by atoms with Gasteiger partial charge in [0.15, 0.2) is 6.61 Å². The average molecular weight is 412 g/mol. The second-order valence-corrected chi connectivity index (χ2v) is 7.43. The molecule has 0 aliphatic heterocycles. The number of hydrogen-bond donors (Lipinski definition) is 1. The lowest BCUT2D eigenvalue weighted by molar-refractivity contribution is -0.123. The summed E-state index contributed by atoms with van der Waals surface area (Å²) >= 11 is 0. The van der Waals surface area contributed by atoms with Gasteiger partial charge in [0.05, 0.1) is 6.04 Å². The first-order valence-electron chi connectivity index (χ1n) is 10.3. The van der Waals surface area contributed by atoms with Crippen molar-refractivity contribution in [2.45, 2.75) is 19.6 Å². The lowest BCUT2D eigenvalue weighted by Gasteiger charge is -2.15. The van der Waals surface area contributed by atoms with Crippen molar-refractivity contribution in [3.8, 4) is 11.5 Å². The van der Waals surface area contributed by atoms with Crippen LogP contribution < -0.4 is 14.8 Å². The van der Waals surface area contributed by atoms with Crippen LogP contribution in [0.3, 0.4) is 0 Å². The molecule has 0 spiro atoms. The average Bonchev–Trinajstić information content (AvgIpc) is 2.82. The summed E-state index contributed by atoms with van der Waals surface area (Å²) in [4.78, 5) is 12.3. The summed E-state index contributed by atoms with van der Waals surface area (Å²) in [5, 5.41) is 5.34. The fraction of sp³-hybridized carbons (Fsp3) is 0.148. The lowest BCUT2D eigenvalue weighted by atomic mass is 10.0. The Morgan fingerprint density at radius 1 is 0.774 bits per heavy atom. The van der Waals surface area contributed by atoms with Gasteiger partial charge in [0.2, 0.25) is 0 Å². The monoisotopic (exact) mass is 411 g/mol. The van der Waals surface area contributed by atoms with Gasteiger partial charge < -0.3 is 14.8 Å². The third-order valence-corrected chi connectivity index (χ3v) is 5.09. The molecular weight excluding hydrogens is 386 g/mol. The van der Waals surface area contributed by atoms with Gasteiger partial charge in [0.1, 0.15) is 18.1 Å².